The molecule has 1 aromatic carbocycles. The Labute approximate surface area is 167 Å². The smallest absolute Gasteiger partial charge is 0.280 e. The van der Waals surface area contributed by atoms with E-state index in [-0.39, 0.29) is 18.3 Å². The molecule has 0 saturated carbocycles. The van der Waals surface area contributed by atoms with Gasteiger partial charge in [-0.25, -0.2) is 4.39 Å². The standard InChI is InChI=1S/C20H21ClFN3OS/c1-25(11-15-16(21)7-5-8-17(15)22)12-19(26)24-20-14(10-23)13-6-3-2-4-9-18(13)27-20/h5,7-8H,2-4,6,9,11-12H2,1H3,(H,24,26)/p+1. The molecule has 2 aromatic rings. The van der Waals surface area contributed by atoms with Gasteiger partial charge in [0, 0.05) is 4.88 Å². The van der Waals surface area contributed by atoms with Gasteiger partial charge < -0.3 is 10.2 Å². The van der Waals surface area contributed by atoms with Crippen molar-refractivity contribution in [1.29, 1.82) is 5.26 Å². The maximum atomic E-state index is 13.9. The molecule has 4 nitrogen and oxygen atoms in total. The number of rotatable bonds is 5. The normalized spacial score (nSPS) is 14.7. The lowest BCUT2D eigenvalue weighted by Crippen LogP contribution is -3.08. The summed E-state index contributed by atoms with van der Waals surface area (Å²) in [6.07, 6.45) is 5.27. The monoisotopic (exact) mass is 406 g/mol. The third-order valence-electron chi connectivity index (χ3n) is 4.79. The van der Waals surface area contributed by atoms with Crippen LogP contribution in [0.4, 0.5) is 9.39 Å². The molecule has 0 saturated heterocycles. The van der Waals surface area contributed by atoms with Crippen LogP contribution in [0.25, 0.3) is 0 Å². The molecule has 27 heavy (non-hydrogen) atoms. The van der Waals surface area contributed by atoms with Crippen LogP contribution in [0.5, 0.6) is 0 Å². The van der Waals surface area contributed by atoms with Crippen LogP contribution in [-0.4, -0.2) is 19.5 Å². The number of benzene rings is 1. The van der Waals surface area contributed by atoms with Crippen molar-refractivity contribution in [3.05, 3.63) is 50.6 Å². The predicted molar refractivity (Wildman–Crippen MR) is 106 cm³/mol. The van der Waals surface area contributed by atoms with Gasteiger partial charge in [-0.2, -0.15) is 5.26 Å². The van der Waals surface area contributed by atoms with E-state index in [4.69, 9.17) is 11.6 Å². The van der Waals surface area contributed by atoms with Gasteiger partial charge in [-0.3, -0.25) is 4.79 Å². The molecule has 0 radical (unpaired) electrons. The minimum absolute atomic E-state index is 0.165. The zero-order chi connectivity index (χ0) is 19.4. The molecule has 0 fully saturated rings. The number of anilines is 1. The number of quaternary nitrogens is 1. The molecule has 3 rings (SSSR count). The van der Waals surface area contributed by atoms with Crippen LogP contribution in [0, 0.1) is 17.1 Å². The van der Waals surface area contributed by atoms with E-state index < -0.39 is 0 Å². The van der Waals surface area contributed by atoms with E-state index >= 15 is 0 Å². The van der Waals surface area contributed by atoms with Crippen LogP contribution in [0.15, 0.2) is 18.2 Å². The first-order valence-electron chi connectivity index (χ1n) is 9.08. The second kappa shape index (κ2) is 8.83. The maximum absolute atomic E-state index is 13.9. The van der Waals surface area contributed by atoms with Gasteiger partial charge in [-0.15, -0.1) is 11.3 Å². The number of nitrogens with one attached hydrogen (secondary N) is 2. The average Bonchev–Trinajstić information content (AvgIpc) is 2.77. The van der Waals surface area contributed by atoms with E-state index in [1.54, 1.807) is 12.1 Å². The molecule has 1 amide bonds. The molecule has 1 aromatic heterocycles. The predicted octanol–water partition coefficient (Wildman–Crippen LogP) is 3.33. The SMILES string of the molecule is C[NH+](CC(=O)Nc1sc2c(c1C#N)CCCCC2)Cc1c(F)cccc1Cl. The van der Waals surface area contributed by atoms with Crippen molar-refractivity contribution in [2.75, 3.05) is 18.9 Å². The fourth-order valence-electron chi connectivity index (χ4n) is 3.46. The number of carbonyl (C=O) groups excluding carboxylic acids is 1. The van der Waals surface area contributed by atoms with E-state index in [1.807, 2.05) is 7.05 Å². The highest BCUT2D eigenvalue weighted by molar-refractivity contribution is 7.16. The Balaban J connectivity index is 1.67. The van der Waals surface area contributed by atoms with Gasteiger partial charge >= 0.3 is 0 Å². The molecule has 7 heteroatoms. The first kappa shape index (κ1) is 19.8. The largest absolute Gasteiger partial charge is 0.326 e. The zero-order valence-electron chi connectivity index (χ0n) is 15.2. The highest BCUT2D eigenvalue weighted by atomic mass is 35.5. The third kappa shape index (κ3) is 4.67. The molecule has 142 valence electrons. The van der Waals surface area contributed by atoms with Crippen molar-refractivity contribution in [2.24, 2.45) is 0 Å². The molecular weight excluding hydrogens is 385 g/mol. The third-order valence-corrected chi connectivity index (χ3v) is 6.35. The van der Waals surface area contributed by atoms with Gasteiger partial charge in [0.15, 0.2) is 6.54 Å². The van der Waals surface area contributed by atoms with Crippen LogP contribution < -0.4 is 10.2 Å². The number of likely N-dealkylation sites (N-methyl/N-ethyl adjacent to an activating group) is 1. The quantitative estimate of drug-likeness (QED) is 0.748. The van der Waals surface area contributed by atoms with Gasteiger partial charge in [-0.05, 0) is 43.4 Å². The van der Waals surface area contributed by atoms with Gasteiger partial charge in [-0.1, -0.05) is 24.1 Å². The number of carbonyl (C=O) groups is 1. The van der Waals surface area contributed by atoms with Crippen molar-refractivity contribution < 1.29 is 14.1 Å². The fourth-order valence-corrected chi connectivity index (χ4v) is 4.95. The Morgan fingerprint density at radius 1 is 1.37 bits per heavy atom. The average molecular weight is 407 g/mol. The Hall–Kier alpha value is -1.94. The zero-order valence-corrected chi connectivity index (χ0v) is 16.8. The first-order valence-corrected chi connectivity index (χ1v) is 10.3. The van der Waals surface area contributed by atoms with E-state index in [0.717, 1.165) is 36.1 Å². The van der Waals surface area contributed by atoms with E-state index in [2.05, 4.69) is 11.4 Å². The lowest BCUT2D eigenvalue weighted by molar-refractivity contribution is -0.885. The summed E-state index contributed by atoms with van der Waals surface area (Å²) in [5.41, 5.74) is 2.12. The van der Waals surface area contributed by atoms with Crippen LogP contribution in [-0.2, 0) is 24.2 Å². The number of nitrogens with zero attached hydrogens (tertiary/aromatic N) is 1. The maximum Gasteiger partial charge on any atom is 0.280 e. The van der Waals surface area contributed by atoms with Crippen LogP contribution >= 0.6 is 22.9 Å². The number of fused-ring (bicyclic) bond motifs is 1. The summed E-state index contributed by atoms with van der Waals surface area (Å²) in [6, 6.07) is 6.84. The van der Waals surface area contributed by atoms with Crippen LogP contribution in [0.2, 0.25) is 5.02 Å². The summed E-state index contributed by atoms with van der Waals surface area (Å²) in [7, 11) is 1.82. The van der Waals surface area contributed by atoms with Gasteiger partial charge in [0.1, 0.15) is 23.4 Å². The summed E-state index contributed by atoms with van der Waals surface area (Å²) in [4.78, 5) is 14.5. The highest BCUT2D eigenvalue weighted by Gasteiger charge is 2.22. The number of hydrogen-bond acceptors (Lipinski definition) is 3. The van der Waals surface area contributed by atoms with Crippen molar-refractivity contribution in [2.45, 2.75) is 38.6 Å². The Kier molecular flexibility index (Phi) is 6.48. The lowest BCUT2D eigenvalue weighted by atomic mass is 10.1. The Bertz CT molecular complexity index is 870. The molecule has 1 aliphatic carbocycles. The molecular formula is C20H22ClFN3OS+. The number of aryl methyl sites for hydroxylation is 1. The van der Waals surface area contributed by atoms with Gasteiger partial charge in [0.05, 0.1) is 23.2 Å². The number of hydrogen-bond donors (Lipinski definition) is 2. The molecule has 1 atom stereocenters. The summed E-state index contributed by atoms with van der Waals surface area (Å²) in [6.45, 7) is 0.475. The van der Waals surface area contributed by atoms with Gasteiger partial charge in [0.25, 0.3) is 5.91 Å². The number of amides is 1. The van der Waals surface area contributed by atoms with Crippen LogP contribution in [0.3, 0.4) is 0 Å². The lowest BCUT2D eigenvalue weighted by Gasteiger charge is -2.15. The van der Waals surface area contributed by atoms with Crippen molar-refractivity contribution in [1.82, 2.24) is 0 Å². The molecule has 1 unspecified atom stereocenters. The Morgan fingerprint density at radius 3 is 2.89 bits per heavy atom. The topological polar surface area (TPSA) is 57.3 Å². The van der Waals surface area contributed by atoms with E-state index in [0.29, 0.717) is 27.7 Å². The molecule has 0 aliphatic heterocycles. The fraction of sp³-hybridized carbons (Fsp3) is 0.400. The number of halogens is 2. The summed E-state index contributed by atoms with van der Waals surface area (Å²) >= 11 is 7.58. The van der Waals surface area contributed by atoms with E-state index in [9.17, 15) is 14.4 Å². The second-order valence-electron chi connectivity index (χ2n) is 6.94. The van der Waals surface area contributed by atoms with Crippen LogP contribution in [0.1, 0.15) is 40.8 Å². The van der Waals surface area contributed by atoms with E-state index in [1.165, 1.54) is 28.7 Å². The minimum Gasteiger partial charge on any atom is -0.326 e. The van der Waals surface area contributed by atoms with Crippen molar-refractivity contribution in [3.63, 3.8) is 0 Å². The Morgan fingerprint density at radius 2 is 2.15 bits per heavy atom. The summed E-state index contributed by atoms with van der Waals surface area (Å²) < 4.78 is 13.9. The minimum atomic E-state index is -0.365. The second-order valence-corrected chi connectivity index (χ2v) is 8.45. The van der Waals surface area contributed by atoms with Crippen molar-refractivity contribution in [3.8, 4) is 6.07 Å². The highest BCUT2D eigenvalue weighted by Crippen LogP contribution is 2.36. The van der Waals surface area contributed by atoms with Crippen molar-refractivity contribution >= 4 is 33.8 Å². The molecule has 1 heterocycles. The molecule has 0 spiro atoms. The first-order chi connectivity index (χ1) is 13.0. The number of thiophene rings is 1. The number of nitriles is 1. The molecule has 0 bridgehead atoms. The molecule has 2 N–H and O–H groups in total. The van der Waals surface area contributed by atoms with Gasteiger partial charge in [0.2, 0.25) is 0 Å². The summed E-state index contributed by atoms with van der Waals surface area (Å²) in [5, 5.41) is 13.5. The molecule has 1 aliphatic rings. The summed E-state index contributed by atoms with van der Waals surface area (Å²) in [5.74, 6) is -0.552.